The van der Waals surface area contributed by atoms with Crippen LogP contribution >= 0.6 is 0 Å². The largest absolute Gasteiger partial charge is 0.419 e. The molecule has 42 heavy (non-hydrogen) atoms. The molecule has 9 nitrogen and oxygen atoms in total. The number of nitrogens with zero attached hydrogens (tertiary/aromatic N) is 5. The highest BCUT2D eigenvalue weighted by atomic mass is 32.2. The Kier molecular flexibility index (Phi) is 8.44. The monoisotopic (exact) mass is 601 g/mol. The standard InChI is InChI=1S/C28H23F4N5O4S/c1-17(26-35-25-21(4-3-11-34-25)27(39)37(26)20-8-5-18(16-33)6-9-20)36(12-13-42(2,40)41)24(38)15-19-7-10-23(29)22(14-19)28(30,31)32/h3-11,14,17H,12-13,15H2,1-2H3/t17-/m1/s1. The van der Waals surface area contributed by atoms with E-state index in [1.165, 1.54) is 54.1 Å². The highest BCUT2D eigenvalue weighted by molar-refractivity contribution is 7.90. The Balaban J connectivity index is 1.84. The number of nitriles is 1. The lowest BCUT2D eigenvalue weighted by atomic mass is 10.1. The summed E-state index contributed by atoms with van der Waals surface area (Å²) in [6.07, 6.45) is -3.24. The Hall–Kier alpha value is -4.64. The summed E-state index contributed by atoms with van der Waals surface area (Å²) in [6, 6.07) is 12.0. The molecular weight excluding hydrogens is 578 g/mol. The van der Waals surface area contributed by atoms with Crippen LogP contribution in [0.2, 0.25) is 0 Å². The predicted molar refractivity (Wildman–Crippen MR) is 145 cm³/mol. The van der Waals surface area contributed by atoms with E-state index in [1.807, 2.05) is 6.07 Å². The first kappa shape index (κ1) is 30.3. The van der Waals surface area contributed by atoms with Crippen molar-refractivity contribution >= 4 is 26.8 Å². The second kappa shape index (κ2) is 11.7. The Morgan fingerprint density at radius 2 is 1.83 bits per heavy atom. The maximum absolute atomic E-state index is 13.8. The molecular formula is C28H23F4N5O4S. The van der Waals surface area contributed by atoms with Crippen molar-refractivity contribution in [2.45, 2.75) is 25.6 Å². The van der Waals surface area contributed by atoms with Crippen LogP contribution in [0, 0.1) is 17.1 Å². The fraction of sp³-hybridized carbons (Fsp3) is 0.250. The van der Waals surface area contributed by atoms with Gasteiger partial charge in [0.1, 0.15) is 21.5 Å². The summed E-state index contributed by atoms with van der Waals surface area (Å²) in [5.74, 6) is -2.78. The van der Waals surface area contributed by atoms with Crippen LogP contribution in [0.4, 0.5) is 17.6 Å². The van der Waals surface area contributed by atoms with Crippen LogP contribution in [-0.2, 0) is 27.2 Å². The molecule has 218 valence electrons. The molecule has 14 heteroatoms. The Bertz CT molecular complexity index is 1870. The molecule has 2 aromatic carbocycles. The van der Waals surface area contributed by atoms with Gasteiger partial charge >= 0.3 is 6.18 Å². The SMILES string of the molecule is C[C@H](c1nc2ncccc2c(=O)n1-c1ccc(C#N)cc1)N(CCS(C)(=O)=O)C(=O)Cc1ccc(F)c(C(F)(F)F)c1. The maximum atomic E-state index is 13.8. The molecule has 0 unspecified atom stereocenters. The Labute approximate surface area is 237 Å². The van der Waals surface area contributed by atoms with Gasteiger partial charge in [0, 0.05) is 19.0 Å². The van der Waals surface area contributed by atoms with E-state index in [4.69, 9.17) is 0 Å². The molecule has 0 radical (unpaired) electrons. The number of carbonyl (C=O) groups is 1. The number of carbonyl (C=O) groups excluding carboxylic acids is 1. The smallest absolute Gasteiger partial charge is 0.331 e. The maximum Gasteiger partial charge on any atom is 0.419 e. The van der Waals surface area contributed by atoms with Crippen LogP contribution in [-0.4, -0.2) is 52.3 Å². The number of fused-ring (bicyclic) bond motifs is 1. The molecule has 0 aliphatic rings. The molecule has 0 bridgehead atoms. The van der Waals surface area contributed by atoms with Gasteiger partial charge in [-0.25, -0.2) is 22.8 Å². The summed E-state index contributed by atoms with van der Waals surface area (Å²) in [5, 5.41) is 9.33. The van der Waals surface area contributed by atoms with Gasteiger partial charge in [-0.15, -0.1) is 0 Å². The van der Waals surface area contributed by atoms with Gasteiger partial charge in [-0.3, -0.25) is 14.2 Å². The van der Waals surface area contributed by atoms with E-state index in [1.54, 1.807) is 0 Å². The quantitative estimate of drug-likeness (QED) is 0.280. The van der Waals surface area contributed by atoms with E-state index in [9.17, 15) is 40.8 Å². The molecule has 4 rings (SSSR count). The third kappa shape index (κ3) is 6.63. The number of sulfone groups is 1. The summed E-state index contributed by atoms with van der Waals surface area (Å²) >= 11 is 0. The van der Waals surface area contributed by atoms with Gasteiger partial charge in [0.15, 0.2) is 5.65 Å². The molecule has 0 saturated carbocycles. The van der Waals surface area contributed by atoms with Crippen LogP contribution in [0.15, 0.2) is 65.6 Å². The second-order valence-electron chi connectivity index (χ2n) is 9.53. The molecule has 2 aromatic heterocycles. The van der Waals surface area contributed by atoms with Crippen molar-refractivity contribution in [1.82, 2.24) is 19.4 Å². The van der Waals surface area contributed by atoms with Gasteiger partial charge in [-0.05, 0) is 61.0 Å². The molecule has 4 aromatic rings. The number of benzene rings is 2. The van der Waals surface area contributed by atoms with Gasteiger partial charge in [0.05, 0.1) is 46.5 Å². The normalized spacial score (nSPS) is 12.6. The van der Waals surface area contributed by atoms with Gasteiger partial charge in [0.25, 0.3) is 5.56 Å². The number of hydrogen-bond donors (Lipinski definition) is 0. The zero-order valence-corrected chi connectivity index (χ0v) is 23.1. The van der Waals surface area contributed by atoms with E-state index >= 15 is 0 Å². The molecule has 0 N–H and O–H groups in total. The lowest BCUT2D eigenvalue weighted by Gasteiger charge is -2.30. The van der Waals surface area contributed by atoms with Gasteiger partial charge in [0.2, 0.25) is 5.91 Å². The van der Waals surface area contributed by atoms with Crippen molar-refractivity contribution in [3.8, 4) is 11.8 Å². The summed E-state index contributed by atoms with van der Waals surface area (Å²) in [4.78, 5) is 36.9. The highest BCUT2D eigenvalue weighted by Crippen LogP contribution is 2.32. The number of amides is 1. The molecule has 0 spiro atoms. The Morgan fingerprint density at radius 1 is 1.14 bits per heavy atom. The number of alkyl halides is 3. The average Bonchev–Trinajstić information content (AvgIpc) is 2.93. The van der Waals surface area contributed by atoms with E-state index in [0.717, 1.165) is 17.2 Å². The van der Waals surface area contributed by atoms with Gasteiger partial charge in [-0.1, -0.05) is 6.07 Å². The first-order chi connectivity index (χ1) is 19.7. The fourth-order valence-electron chi connectivity index (χ4n) is 4.36. The molecule has 0 saturated heterocycles. The first-order valence-corrected chi connectivity index (χ1v) is 14.5. The van der Waals surface area contributed by atoms with Crippen molar-refractivity contribution in [1.29, 1.82) is 5.26 Å². The van der Waals surface area contributed by atoms with E-state index in [2.05, 4.69) is 9.97 Å². The Morgan fingerprint density at radius 3 is 2.45 bits per heavy atom. The summed E-state index contributed by atoms with van der Waals surface area (Å²) in [7, 11) is -3.61. The lowest BCUT2D eigenvalue weighted by Crippen LogP contribution is -2.40. The summed E-state index contributed by atoms with van der Waals surface area (Å²) < 4.78 is 78.9. The molecule has 1 atom stereocenters. The highest BCUT2D eigenvalue weighted by Gasteiger charge is 2.35. The first-order valence-electron chi connectivity index (χ1n) is 12.4. The van der Waals surface area contributed by atoms with Crippen LogP contribution in [0.5, 0.6) is 0 Å². The number of aromatic nitrogens is 3. The average molecular weight is 602 g/mol. The molecule has 1 amide bonds. The number of rotatable bonds is 8. The number of hydrogen-bond acceptors (Lipinski definition) is 7. The third-order valence-electron chi connectivity index (χ3n) is 6.48. The topological polar surface area (TPSA) is 126 Å². The van der Waals surface area contributed by atoms with Crippen LogP contribution in [0.1, 0.15) is 35.5 Å². The molecule has 2 heterocycles. The van der Waals surface area contributed by atoms with Crippen LogP contribution in [0.3, 0.4) is 0 Å². The van der Waals surface area contributed by atoms with Crippen molar-refractivity contribution in [2.75, 3.05) is 18.6 Å². The number of halogens is 4. The van der Waals surface area contributed by atoms with Crippen LogP contribution < -0.4 is 5.56 Å². The number of pyridine rings is 1. The molecule has 0 aliphatic carbocycles. The van der Waals surface area contributed by atoms with Crippen molar-refractivity contribution in [2.24, 2.45) is 0 Å². The van der Waals surface area contributed by atoms with Gasteiger partial charge in [-0.2, -0.15) is 18.4 Å². The zero-order chi connectivity index (χ0) is 30.8. The third-order valence-corrected chi connectivity index (χ3v) is 7.40. The van der Waals surface area contributed by atoms with E-state index < -0.39 is 57.1 Å². The minimum atomic E-state index is -4.99. The van der Waals surface area contributed by atoms with Crippen molar-refractivity contribution in [3.05, 3.63) is 99.5 Å². The van der Waals surface area contributed by atoms with Gasteiger partial charge < -0.3 is 4.90 Å². The minimum Gasteiger partial charge on any atom is -0.331 e. The minimum absolute atomic E-state index is 0.00662. The van der Waals surface area contributed by atoms with E-state index in [-0.39, 0.29) is 29.0 Å². The predicted octanol–water partition coefficient (Wildman–Crippen LogP) is 3.99. The molecule has 0 aliphatic heterocycles. The summed E-state index contributed by atoms with van der Waals surface area (Å²) in [6.45, 7) is 1.11. The molecule has 0 fully saturated rings. The van der Waals surface area contributed by atoms with E-state index in [0.29, 0.717) is 23.4 Å². The second-order valence-corrected chi connectivity index (χ2v) is 11.8. The summed E-state index contributed by atoms with van der Waals surface area (Å²) in [5.41, 5.74) is -1.58. The fourth-order valence-corrected chi connectivity index (χ4v) is 4.89. The zero-order valence-electron chi connectivity index (χ0n) is 22.3. The van der Waals surface area contributed by atoms with Crippen molar-refractivity contribution in [3.63, 3.8) is 0 Å². The van der Waals surface area contributed by atoms with Crippen LogP contribution in [0.25, 0.3) is 16.7 Å². The van der Waals surface area contributed by atoms with Crippen molar-refractivity contribution < 1.29 is 30.8 Å². The lowest BCUT2D eigenvalue weighted by molar-refractivity contribution is -0.140.